The van der Waals surface area contributed by atoms with Gasteiger partial charge < -0.3 is 14.8 Å². The smallest absolute Gasteiger partial charge is 0.120 e. The first kappa shape index (κ1) is 15.5. The number of benzene rings is 2. The summed E-state index contributed by atoms with van der Waals surface area (Å²) in [5.41, 5.74) is 3.59. The average molecular weight is 285 g/mol. The Morgan fingerprint density at radius 3 is 2.38 bits per heavy atom. The fourth-order valence-electron chi connectivity index (χ4n) is 2.16. The number of methoxy groups -OCH3 is 1. The second-order valence-corrected chi connectivity index (χ2v) is 4.97. The summed E-state index contributed by atoms with van der Waals surface area (Å²) in [7, 11) is 1.70. The lowest BCUT2D eigenvalue weighted by Crippen LogP contribution is -2.11. The zero-order valence-corrected chi connectivity index (χ0v) is 12.8. The van der Waals surface area contributed by atoms with Crippen molar-refractivity contribution in [3.05, 3.63) is 65.2 Å². The van der Waals surface area contributed by atoms with Crippen LogP contribution in [0.5, 0.6) is 5.75 Å². The standard InChI is InChI=1S/C18H23NO2/c1-3-19-12-15-6-4-7-16(10-15)14-21-18-9-5-8-17(11-18)13-20-2/h4-11,19H,3,12-14H2,1-2H3. The van der Waals surface area contributed by atoms with Crippen LogP contribution in [0.15, 0.2) is 48.5 Å². The minimum atomic E-state index is 0.580. The second kappa shape index (κ2) is 8.45. The van der Waals surface area contributed by atoms with E-state index in [0.717, 1.165) is 24.4 Å². The number of rotatable bonds is 8. The van der Waals surface area contributed by atoms with E-state index in [2.05, 4.69) is 36.5 Å². The molecule has 2 aromatic carbocycles. The van der Waals surface area contributed by atoms with Crippen molar-refractivity contribution in [1.29, 1.82) is 0 Å². The maximum atomic E-state index is 5.86. The first-order valence-electron chi connectivity index (χ1n) is 7.31. The topological polar surface area (TPSA) is 30.5 Å². The van der Waals surface area contributed by atoms with Crippen LogP contribution in [-0.4, -0.2) is 13.7 Å². The van der Waals surface area contributed by atoms with Gasteiger partial charge in [0.1, 0.15) is 12.4 Å². The van der Waals surface area contributed by atoms with Crippen LogP contribution in [0.1, 0.15) is 23.6 Å². The van der Waals surface area contributed by atoms with Gasteiger partial charge in [0.2, 0.25) is 0 Å². The largest absolute Gasteiger partial charge is 0.489 e. The molecule has 0 amide bonds. The number of hydrogen-bond donors (Lipinski definition) is 1. The highest BCUT2D eigenvalue weighted by Crippen LogP contribution is 2.16. The molecule has 0 bridgehead atoms. The average Bonchev–Trinajstić information content (AvgIpc) is 2.52. The second-order valence-electron chi connectivity index (χ2n) is 4.97. The third-order valence-corrected chi connectivity index (χ3v) is 3.19. The van der Waals surface area contributed by atoms with Crippen LogP contribution in [0, 0.1) is 0 Å². The van der Waals surface area contributed by atoms with Gasteiger partial charge in [0.25, 0.3) is 0 Å². The third kappa shape index (κ3) is 5.21. The highest BCUT2D eigenvalue weighted by Gasteiger charge is 2.00. The van der Waals surface area contributed by atoms with Crippen LogP contribution < -0.4 is 10.1 Å². The third-order valence-electron chi connectivity index (χ3n) is 3.19. The van der Waals surface area contributed by atoms with E-state index in [-0.39, 0.29) is 0 Å². The Hall–Kier alpha value is -1.84. The Balaban J connectivity index is 1.94. The molecule has 0 saturated carbocycles. The molecule has 2 aromatic rings. The lowest BCUT2D eigenvalue weighted by Gasteiger charge is -2.09. The van der Waals surface area contributed by atoms with E-state index >= 15 is 0 Å². The van der Waals surface area contributed by atoms with Crippen LogP contribution in [-0.2, 0) is 24.5 Å². The zero-order valence-electron chi connectivity index (χ0n) is 12.8. The van der Waals surface area contributed by atoms with Crippen LogP contribution in [0.3, 0.4) is 0 Å². The van der Waals surface area contributed by atoms with Gasteiger partial charge in [0, 0.05) is 13.7 Å². The van der Waals surface area contributed by atoms with Gasteiger partial charge >= 0.3 is 0 Å². The molecule has 1 N–H and O–H groups in total. The summed E-state index contributed by atoms with van der Waals surface area (Å²) in [5, 5.41) is 3.33. The maximum Gasteiger partial charge on any atom is 0.120 e. The molecule has 21 heavy (non-hydrogen) atoms. The summed E-state index contributed by atoms with van der Waals surface area (Å²) < 4.78 is 11.0. The molecule has 112 valence electrons. The van der Waals surface area contributed by atoms with Gasteiger partial charge in [-0.25, -0.2) is 0 Å². The molecule has 0 saturated heterocycles. The van der Waals surface area contributed by atoms with Crippen molar-refractivity contribution in [3.8, 4) is 5.75 Å². The summed E-state index contributed by atoms with van der Waals surface area (Å²) in [5.74, 6) is 0.877. The Labute approximate surface area is 126 Å². The van der Waals surface area contributed by atoms with Crippen LogP contribution >= 0.6 is 0 Å². The van der Waals surface area contributed by atoms with Crippen LogP contribution in [0.2, 0.25) is 0 Å². The van der Waals surface area contributed by atoms with Gasteiger partial charge in [-0.3, -0.25) is 0 Å². The number of hydrogen-bond acceptors (Lipinski definition) is 3. The molecule has 3 heteroatoms. The minimum Gasteiger partial charge on any atom is -0.489 e. The lowest BCUT2D eigenvalue weighted by atomic mass is 10.1. The monoisotopic (exact) mass is 285 g/mol. The van der Waals surface area contributed by atoms with E-state index in [9.17, 15) is 0 Å². The summed E-state index contributed by atoms with van der Waals surface area (Å²) in [6.07, 6.45) is 0. The Morgan fingerprint density at radius 2 is 1.62 bits per heavy atom. The molecular weight excluding hydrogens is 262 g/mol. The maximum absolute atomic E-state index is 5.86. The summed E-state index contributed by atoms with van der Waals surface area (Å²) in [4.78, 5) is 0. The predicted molar refractivity (Wildman–Crippen MR) is 85.3 cm³/mol. The first-order chi connectivity index (χ1) is 10.3. The Morgan fingerprint density at radius 1 is 0.905 bits per heavy atom. The van der Waals surface area contributed by atoms with E-state index in [1.165, 1.54) is 11.1 Å². The van der Waals surface area contributed by atoms with Gasteiger partial charge in [-0.1, -0.05) is 43.3 Å². The molecule has 0 atom stereocenters. The number of ether oxygens (including phenoxy) is 2. The first-order valence-corrected chi connectivity index (χ1v) is 7.31. The van der Waals surface area contributed by atoms with Crippen molar-refractivity contribution in [1.82, 2.24) is 5.32 Å². The van der Waals surface area contributed by atoms with E-state index in [1.807, 2.05) is 24.3 Å². The van der Waals surface area contributed by atoms with E-state index in [4.69, 9.17) is 9.47 Å². The Bertz CT molecular complexity index is 554. The fraction of sp³-hybridized carbons (Fsp3) is 0.333. The quantitative estimate of drug-likeness (QED) is 0.805. The van der Waals surface area contributed by atoms with Gasteiger partial charge in [0.05, 0.1) is 6.61 Å². The zero-order chi connectivity index (χ0) is 14.9. The molecule has 3 nitrogen and oxygen atoms in total. The predicted octanol–water partition coefficient (Wildman–Crippen LogP) is 3.52. The van der Waals surface area contributed by atoms with Crippen molar-refractivity contribution in [2.45, 2.75) is 26.7 Å². The molecule has 0 aromatic heterocycles. The van der Waals surface area contributed by atoms with Crippen molar-refractivity contribution in [3.63, 3.8) is 0 Å². The van der Waals surface area contributed by atoms with Crippen LogP contribution in [0.25, 0.3) is 0 Å². The van der Waals surface area contributed by atoms with E-state index in [1.54, 1.807) is 7.11 Å². The fourth-order valence-corrected chi connectivity index (χ4v) is 2.16. The lowest BCUT2D eigenvalue weighted by molar-refractivity contribution is 0.184. The SMILES string of the molecule is CCNCc1cccc(COc2cccc(COC)c2)c1. The minimum absolute atomic E-state index is 0.580. The molecule has 2 rings (SSSR count). The van der Waals surface area contributed by atoms with Crippen molar-refractivity contribution in [2.75, 3.05) is 13.7 Å². The van der Waals surface area contributed by atoms with Gasteiger partial charge in [-0.15, -0.1) is 0 Å². The molecule has 0 fully saturated rings. The summed E-state index contributed by atoms with van der Waals surface area (Å²) >= 11 is 0. The van der Waals surface area contributed by atoms with Crippen molar-refractivity contribution in [2.24, 2.45) is 0 Å². The highest BCUT2D eigenvalue weighted by molar-refractivity contribution is 5.29. The van der Waals surface area contributed by atoms with Crippen molar-refractivity contribution >= 4 is 0 Å². The molecule has 0 heterocycles. The highest BCUT2D eigenvalue weighted by atomic mass is 16.5. The van der Waals surface area contributed by atoms with Crippen LogP contribution in [0.4, 0.5) is 0 Å². The molecule has 0 aliphatic carbocycles. The van der Waals surface area contributed by atoms with Gasteiger partial charge in [-0.05, 0) is 35.4 Å². The van der Waals surface area contributed by atoms with E-state index < -0.39 is 0 Å². The molecular formula is C18H23NO2. The molecule has 0 aliphatic rings. The summed E-state index contributed by atoms with van der Waals surface area (Å²) in [6, 6.07) is 16.5. The van der Waals surface area contributed by atoms with Gasteiger partial charge in [-0.2, -0.15) is 0 Å². The molecule has 0 aliphatic heterocycles. The normalized spacial score (nSPS) is 10.6. The molecule has 0 unspecified atom stereocenters. The molecule has 0 spiro atoms. The Kier molecular flexibility index (Phi) is 6.25. The molecule has 0 radical (unpaired) electrons. The van der Waals surface area contributed by atoms with E-state index in [0.29, 0.717) is 13.2 Å². The summed E-state index contributed by atoms with van der Waals surface area (Å²) in [6.45, 7) is 5.17. The number of nitrogens with one attached hydrogen (secondary N) is 1. The van der Waals surface area contributed by atoms with Gasteiger partial charge in [0.15, 0.2) is 0 Å². The van der Waals surface area contributed by atoms with Crippen molar-refractivity contribution < 1.29 is 9.47 Å².